The third-order valence-corrected chi connectivity index (χ3v) is 4.48. The third kappa shape index (κ3) is 2.64. The van der Waals surface area contributed by atoms with Gasteiger partial charge >= 0.3 is 0 Å². The minimum atomic E-state index is -0.879. The van der Waals surface area contributed by atoms with Gasteiger partial charge in [0.05, 0.1) is 10.7 Å². The van der Waals surface area contributed by atoms with Crippen LogP contribution in [0.15, 0.2) is 18.2 Å². The number of piperazine rings is 1. The standard InChI is InChI=1S/C16H21ClN2O2/c1-5-12-14(20)18-16(4,6-2)15(21)19(12)13-9-10(3)7-8-11(13)17/h7-9,12H,5-6H2,1-4H3,(H,18,20). The van der Waals surface area contributed by atoms with Gasteiger partial charge in [0, 0.05) is 0 Å². The van der Waals surface area contributed by atoms with Crippen molar-refractivity contribution >= 4 is 29.1 Å². The zero-order valence-corrected chi connectivity index (χ0v) is 13.6. The van der Waals surface area contributed by atoms with Crippen molar-refractivity contribution in [2.45, 2.75) is 52.1 Å². The van der Waals surface area contributed by atoms with E-state index in [0.717, 1.165) is 5.56 Å². The van der Waals surface area contributed by atoms with Crippen LogP contribution in [0.5, 0.6) is 0 Å². The number of benzene rings is 1. The van der Waals surface area contributed by atoms with Gasteiger partial charge in [-0.05, 0) is 44.4 Å². The van der Waals surface area contributed by atoms with Gasteiger partial charge in [-0.25, -0.2) is 0 Å². The molecule has 0 spiro atoms. The second-order valence-electron chi connectivity index (χ2n) is 5.73. The number of hydrogen-bond donors (Lipinski definition) is 1. The van der Waals surface area contributed by atoms with Crippen LogP contribution in [-0.4, -0.2) is 23.4 Å². The highest BCUT2D eigenvalue weighted by Gasteiger charge is 2.47. The van der Waals surface area contributed by atoms with Crippen LogP contribution in [-0.2, 0) is 9.59 Å². The molecule has 0 saturated carbocycles. The Balaban J connectivity index is 2.57. The molecule has 0 aromatic heterocycles. The molecule has 2 amide bonds. The van der Waals surface area contributed by atoms with Crippen LogP contribution in [0.3, 0.4) is 0 Å². The largest absolute Gasteiger partial charge is 0.340 e. The lowest BCUT2D eigenvalue weighted by Gasteiger charge is -2.44. The first-order valence-electron chi connectivity index (χ1n) is 7.26. The number of carbonyl (C=O) groups excluding carboxylic acids is 2. The van der Waals surface area contributed by atoms with Crippen LogP contribution in [0.25, 0.3) is 0 Å². The predicted octanol–water partition coefficient (Wildman–Crippen LogP) is 3.06. The molecule has 5 heteroatoms. The van der Waals surface area contributed by atoms with Gasteiger partial charge in [0.2, 0.25) is 5.91 Å². The Morgan fingerprint density at radius 1 is 1.33 bits per heavy atom. The van der Waals surface area contributed by atoms with E-state index < -0.39 is 11.6 Å². The Kier molecular flexibility index (Phi) is 4.28. The summed E-state index contributed by atoms with van der Waals surface area (Å²) in [6, 6.07) is 5.00. The Hall–Kier alpha value is -1.55. The molecule has 1 aromatic carbocycles. The van der Waals surface area contributed by atoms with Crippen molar-refractivity contribution in [3.05, 3.63) is 28.8 Å². The lowest BCUT2D eigenvalue weighted by molar-refractivity contribution is -0.138. The smallest absolute Gasteiger partial charge is 0.253 e. The van der Waals surface area contributed by atoms with Crippen molar-refractivity contribution in [3.63, 3.8) is 0 Å². The fourth-order valence-electron chi connectivity index (χ4n) is 2.63. The SMILES string of the molecule is CCC1C(=O)NC(C)(CC)C(=O)N1c1cc(C)ccc1Cl. The second-order valence-corrected chi connectivity index (χ2v) is 6.14. The van der Waals surface area contributed by atoms with Crippen molar-refractivity contribution < 1.29 is 9.59 Å². The molecule has 1 aliphatic heterocycles. The average molecular weight is 309 g/mol. The van der Waals surface area contributed by atoms with Gasteiger partial charge in [-0.3, -0.25) is 14.5 Å². The Labute approximate surface area is 130 Å². The predicted molar refractivity (Wildman–Crippen MR) is 84.6 cm³/mol. The minimum absolute atomic E-state index is 0.107. The van der Waals surface area contributed by atoms with Crippen LogP contribution >= 0.6 is 11.6 Å². The zero-order valence-electron chi connectivity index (χ0n) is 12.9. The normalized spacial score (nSPS) is 26.0. The van der Waals surface area contributed by atoms with E-state index in [1.54, 1.807) is 17.9 Å². The molecule has 1 N–H and O–H groups in total. The molecule has 0 aliphatic carbocycles. The number of rotatable bonds is 3. The lowest BCUT2D eigenvalue weighted by Crippen LogP contribution is -2.69. The molecule has 4 nitrogen and oxygen atoms in total. The number of nitrogens with zero attached hydrogens (tertiary/aromatic N) is 1. The zero-order chi connectivity index (χ0) is 15.8. The number of aryl methyl sites for hydroxylation is 1. The van der Waals surface area contributed by atoms with Crippen molar-refractivity contribution in [3.8, 4) is 0 Å². The molecule has 0 radical (unpaired) electrons. The Bertz CT molecular complexity index is 588. The van der Waals surface area contributed by atoms with E-state index in [4.69, 9.17) is 11.6 Å². The van der Waals surface area contributed by atoms with E-state index in [9.17, 15) is 9.59 Å². The summed E-state index contributed by atoms with van der Waals surface area (Å²) in [7, 11) is 0. The molecule has 2 rings (SSSR count). The molecule has 1 fully saturated rings. The van der Waals surface area contributed by atoms with E-state index in [1.807, 2.05) is 32.9 Å². The molecule has 2 unspecified atom stereocenters. The molecule has 0 bridgehead atoms. The first kappa shape index (κ1) is 15.8. The van der Waals surface area contributed by atoms with Crippen molar-refractivity contribution in [1.29, 1.82) is 0 Å². The van der Waals surface area contributed by atoms with Gasteiger partial charge in [0.1, 0.15) is 11.6 Å². The van der Waals surface area contributed by atoms with Crippen LogP contribution in [0.1, 0.15) is 39.2 Å². The summed E-state index contributed by atoms with van der Waals surface area (Å²) >= 11 is 6.28. The van der Waals surface area contributed by atoms with E-state index in [0.29, 0.717) is 23.6 Å². The number of halogens is 1. The van der Waals surface area contributed by atoms with E-state index in [-0.39, 0.29) is 11.8 Å². The van der Waals surface area contributed by atoms with E-state index in [1.165, 1.54) is 0 Å². The number of amides is 2. The summed E-state index contributed by atoms with van der Waals surface area (Å²) in [6.45, 7) is 7.48. The van der Waals surface area contributed by atoms with E-state index in [2.05, 4.69) is 5.32 Å². The molecule has 1 saturated heterocycles. The minimum Gasteiger partial charge on any atom is -0.340 e. The monoisotopic (exact) mass is 308 g/mol. The van der Waals surface area contributed by atoms with Crippen molar-refractivity contribution in [2.75, 3.05) is 4.90 Å². The molecule has 1 aliphatic rings. The Morgan fingerprint density at radius 2 is 2.00 bits per heavy atom. The average Bonchev–Trinajstić information content (AvgIpc) is 2.45. The fourth-order valence-corrected chi connectivity index (χ4v) is 2.83. The first-order valence-corrected chi connectivity index (χ1v) is 7.63. The maximum Gasteiger partial charge on any atom is 0.253 e. The maximum absolute atomic E-state index is 12.9. The highest BCUT2D eigenvalue weighted by molar-refractivity contribution is 6.34. The first-order chi connectivity index (χ1) is 9.84. The third-order valence-electron chi connectivity index (χ3n) is 4.16. The molecular formula is C16H21ClN2O2. The molecular weight excluding hydrogens is 288 g/mol. The summed E-state index contributed by atoms with van der Waals surface area (Å²) in [5, 5.41) is 3.34. The van der Waals surface area contributed by atoms with Crippen LogP contribution in [0.2, 0.25) is 5.02 Å². The van der Waals surface area contributed by atoms with Gasteiger partial charge in [0.25, 0.3) is 5.91 Å². The number of nitrogens with one attached hydrogen (secondary N) is 1. The van der Waals surface area contributed by atoms with E-state index >= 15 is 0 Å². The highest BCUT2D eigenvalue weighted by Crippen LogP contribution is 2.34. The number of hydrogen-bond acceptors (Lipinski definition) is 2. The number of carbonyl (C=O) groups is 2. The van der Waals surface area contributed by atoms with Crippen molar-refractivity contribution in [1.82, 2.24) is 5.32 Å². The summed E-state index contributed by atoms with van der Waals surface area (Å²) in [6.07, 6.45) is 1.08. The number of anilines is 1. The molecule has 21 heavy (non-hydrogen) atoms. The molecule has 2 atom stereocenters. The lowest BCUT2D eigenvalue weighted by atomic mass is 9.90. The van der Waals surface area contributed by atoms with Gasteiger partial charge in [-0.1, -0.05) is 31.5 Å². The van der Waals surface area contributed by atoms with Gasteiger partial charge < -0.3 is 5.32 Å². The fraction of sp³-hybridized carbons (Fsp3) is 0.500. The summed E-state index contributed by atoms with van der Waals surface area (Å²) in [5.41, 5.74) is 0.736. The second kappa shape index (κ2) is 5.68. The van der Waals surface area contributed by atoms with Crippen LogP contribution in [0, 0.1) is 6.92 Å². The van der Waals surface area contributed by atoms with Gasteiger partial charge in [-0.2, -0.15) is 0 Å². The van der Waals surface area contributed by atoms with Crippen molar-refractivity contribution in [2.24, 2.45) is 0 Å². The Morgan fingerprint density at radius 3 is 2.57 bits per heavy atom. The van der Waals surface area contributed by atoms with Gasteiger partial charge in [0.15, 0.2) is 0 Å². The molecule has 114 valence electrons. The maximum atomic E-state index is 12.9. The van der Waals surface area contributed by atoms with Gasteiger partial charge in [-0.15, -0.1) is 0 Å². The highest BCUT2D eigenvalue weighted by atomic mass is 35.5. The summed E-state index contributed by atoms with van der Waals surface area (Å²) in [4.78, 5) is 26.9. The topological polar surface area (TPSA) is 49.4 Å². The quantitative estimate of drug-likeness (QED) is 0.933. The summed E-state index contributed by atoms with van der Waals surface area (Å²) < 4.78 is 0. The molecule has 1 heterocycles. The van der Waals surface area contributed by atoms with Crippen LogP contribution < -0.4 is 10.2 Å². The summed E-state index contributed by atoms with van der Waals surface area (Å²) in [5.74, 6) is -0.233. The molecule has 1 aromatic rings. The van der Waals surface area contributed by atoms with Crippen LogP contribution in [0.4, 0.5) is 5.69 Å².